The first-order chi connectivity index (χ1) is 8.67. The second-order valence-electron chi connectivity index (χ2n) is 4.15. The van der Waals surface area contributed by atoms with E-state index in [1.807, 2.05) is 6.07 Å². The molecule has 1 atom stereocenters. The van der Waals surface area contributed by atoms with Crippen molar-refractivity contribution in [2.45, 2.75) is 18.9 Å². The highest BCUT2D eigenvalue weighted by molar-refractivity contribution is 5.18. The van der Waals surface area contributed by atoms with Gasteiger partial charge in [0.15, 0.2) is 0 Å². The Hall–Kier alpha value is -1.95. The van der Waals surface area contributed by atoms with Crippen LogP contribution in [0.5, 0.6) is 5.88 Å². The second-order valence-corrected chi connectivity index (χ2v) is 4.15. The Morgan fingerprint density at radius 1 is 1.39 bits per heavy atom. The average molecular weight is 248 g/mol. The summed E-state index contributed by atoms with van der Waals surface area (Å²) in [5, 5.41) is 17.7. The van der Waals surface area contributed by atoms with Crippen LogP contribution >= 0.6 is 0 Å². The number of aliphatic hydroxyl groups excluding tert-OH is 1. The van der Waals surface area contributed by atoms with E-state index in [2.05, 4.69) is 15.3 Å². The Labute approximate surface area is 105 Å². The lowest BCUT2D eigenvalue weighted by Gasteiger charge is -2.08. The lowest BCUT2D eigenvalue weighted by molar-refractivity contribution is 0.174. The Balaban J connectivity index is 1.91. The summed E-state index contributed by atoms with van der Waals surface area (Å²) in [5.41, 5.74) is 1.75. The number of hydrogen-bond acceptors (Lipinski definition) is 5. The molecule has 1 unspecified atom stereocenters. The quantitative estimate of drug-likeness (QED) is 0.827. The highest BCUT2D eigenvalue weighted by Crippen LogP contribution is 2.10. The van der Waals surface area contributed by atoms with E-state index in [-0.39, 0.29) is 0 Å². The highest BCUT2D eigenvalue weighted by atomic mass is 16.5. The predicted octanol–water partition coefficient (Wildman–Crippen LogP) is 0.365. The molecule has 2 rings (SSSR count). The summed E-state index contributed by atoms with van der Waals surface area (Å²) < 4.78 is 6.60. The lowest BCUT2D eigenvalue weighted by atomic mass is 10.1. The van der Waals surface area contributed by atoms with Crippen molar-refractivity contribution in [1.82, 2.24) is 20.0 Å². The van der Waals surface area contributed by atoms with E-state index in [4.69, 9.17) is 4.74 Å². The molecule has 18 heavy (non-hydrogen) atoms. The molecule has 0 aliphatic heterocycles. The maximum Gasteiger partial charge on any atom is 0.212 e. The normalized spacial score (nSPS) is 12.4. The molecule has 0 radical (unpaired) electrons. The molecule has 0 fully saturated rings. The second kappa shape index (κ2) is 5.59. The standard InChI is InChI=1S/C12H16N4O2/c1-16-8-10(14-15-16)6-11(17)5-9-3-4-12(18-2)13-7-9/h3-4,7-8,11,17H,5-6H2,1-2H3. The van der Waals surface area contributed by atoms with Crippen LogP contribution in [0.4, 0.5) is 0 Å². The zero-order valence-corrected chi connectivity index (χ0v) is 10.4. The SMILES string of the molecule is COc1ccc(CC(O)Cc2cn(C)nn2)cn1. The zero-order valence-electron chi connectivity index (χ0n) is 10.4. The number of pyridine rings is 1. The smallest absolute Gasteiger partial charge is 0.212 e. The predicted molar refractivity (Wildman–Crippen MR) is 65.2 cm³/mol. The van der Waals surface area contributed by atoms with E-state index in [0.717, 1.165) is 11.3 Å². The van der Waals surface area contributed by atoms with Crippen LogP contribution in [0.1, 0.15) is 11.3 Å². The van der Waals surface area contributed by atoms with Gasteiger partial charge < -0.3 is 9.84 Å². The highest BCUT2D eigenvalue weighted by Gasteiger charge is 2.09. The Kier molecular flexibility index (Phi) is 3.88. The average Bonchev–Trinajstić information content (AvgIpc) is 2.75. The van der Waals surface area contributed by atoms with Gasteiger partial charge in [-0.15, -0.1) is 5.10 Å². The van der Waals surface area contributed by atoms with Crippen LogP contribution in [-0.2, 0) is 19.9 Å². The van der Waals surface area contributed by atoms with Crippen LogP contribution in [-0.4, -0.2) is 38.3 Å². The Morgan fingerprint density at radius 2 is 2.22 bits per heavy atom. The molecule has 96 valence electrons. The number of methoxy groups -OCH3 is 1. The minimum Gasteiger partial charge on any atom is -0.481 e. The summed E-state index contributed by atoms with van der Waals surface area (Å²) in [6, 6.07) is 3.68. The van der Waals surface area contributed by atoms with Crippen LogP contribution in [0, 0.1) is 0 Å². The molecule has 1 N–H and O–H groups in total. The van der Waals surface area contributed by atoms with Gasteiger partial charge in [-0.3, -0.25) is 4.68 Å². The first-order valence-electron chi connectivity index (χ1n) is 5.69. The van der Waals surface area contributed by atoms with Gasteiger partial charge >= 0.3 is 0 Å². The molecule has 0 aromatic carbocycles. The van der Waals surface area contributed by atoms with Gasteiger partial charge in [-0.05, 0) is 5.56 Å². The number of nitrogens with zero attached hydrogens (tertiary/aromatic N) is 4. The van der Waals surface area contributed by atoms with Crippen molar-refractivity contribution in [3.8, 4) is 5.88 Å². The van der Waals surface area contributed by atoms with Gasteiger partial charge in [0, 0.05) is 38.3 Å². The zero-order chi connectivity index (χ0) is 13.0. The summed E-state index contributed by atoms with van der Waals surface area (Å²) in [5.74, 6) is 0.571. The van der Waals surface area contributed by atoms with E-state index in [9.17, 15) is 5.11 Å². The van der Waals surface area contributed by atoms with E-state index < -0.39 is 6.10 Å². The summed E-state index contributed by atoms with van der Waals surface area (Å²) >= 11 is 0. The fourth-order valence-corrected chi connectivity index (χ4v) is 1.73. The molecule has 6 heteroatoms. The fraction of sp³-hybridized carbons (Fsp3) is 0.417. The number of ether oxygens (including phenoxy) is 1. The van der Waals surface area contributed by atoms with E-state index in [1.54, 1.807) is 37.3 Å². The maximum absolute atomic E-state index is 9.96. The molecular weight excluding hydrogens is 232 g/mol. The molecule has 0 amide bonds. The van der Waals surface area contributed by atoms with Crippen LogP contribution < -0.4 is 4.74 Å². The number of aliphatic hydroxyl groups is 1. The van der Waals surface area contributed by atoms with Crippen LogP contribution in [0.25, 0.3) is 0 Å². The summed E-state index contributed by atoms with van der Waals surface area (Å²) in [6.07, 6.45) is 4.04. The third kappa shape index (κ3) is 3.27. The third-order valence-corrected chi connectivity index (χ3v) is 2.57. The molecular formula is C12H16N4O2. The monoisotopic (exact) mass is 248 g/mol. The lowest BCUT2D eigenvalue weighted by Crippen LogP contribution is -2.14. The Bertz CT molecular complexity index is 495. The van der Waals surface area contributed by atoms with Crippen molar-refractivity contribution in [3.63, 3.8) is 0 Å². The van der Waals surface area contributed by atoms with Crippen molar-refractivity contribution in [1.29, 1.82) is 0 Å². The van der Waals surface area contributed by atoms with Crippen molar-refractivity contribution in [3.05, 3.63) is 35.8 Å². The van der Waals surface area contributed by atoms with Crippen molar-refractivity contribution < 1.29 is 9.84 Å². The van der Waals surface area contributed by atoms with Crippen molar-refractivity contribution in [2.75, 3.05) is 7.11 Å². The summed E-state index contributed by atoms with van der Waals surface area (Å²) in [6.45, 7) is 0. The minimum atomic E-state index is -0.489. The Morgan fingerprint density at radius 3 is 2.78 bits per heavy atom. The summed E-state index contributed by atoms with van der Waals surface area (Å²) in [7, 11) is 3.38. The molecule has 2 aromatic rings. The fourth-order valence-electron chi connectivity index (χ4n) is 1.73. The van der Waals surface area contributed by atoms with Gasteiger partial charge in [0.05, 0.1) is 18.9 Å². The number of aryl methyl sites for hydroxylation is 1. The molecule has 2 heterocycles. The molecule has 0 aliphatic carbocycles. The maximum atomic E-state index is 9.96. The van der Waals surface area contributed by atoms with E-state index in [1.165, 1.54) is 0 Å². The van der Waals surface area contributed by atoms with E-state index >= 15 is 0 Å². The number of aromatic nitrogens is 4. The topological polar surface area (TPSA) is 73.1 Å². The van der Waals surface area contributed by atoms with Crippen molar-refractivity contribution >= 4 is 0 Å². The largest absolute Gasteiger partial charge is 0.481 e. The number of rotatable bonds is 5. The molecule has 0 saturated heterocycles. The molecule has 0 aliphatic rings. The van der Waals surface area contributed by atoms with Crippen LogP contribution in [0.3, 0.4) is 0 Å². The minimum absolute atomic E-state index is 0.486. The van der Waals surface area contributed by atoms with Gasteiger partial charge in [-0.2, -0.15) is 0 Å². The first kappa shape index (κ1) is 12.5. The molecule has 6 nitrogen and oxygen atoms in total. The molecule has 0 spiro atoms. The van der Waals surface area contributed by atoms with Crippen molar-refractivity contribution in [2.24, 2.45) is 7.05 Å². The molecule has 2 aromatic heterocycles. The summed E-state index contributed by atoms with van der Waals surface area (Å²) in [4.78, 5) is 4.10. The van der Waals surface area contributed by atoms with Gasteiger partial charge in [0.1, 0.15) is 0 Å². The van der Waals surface area contributed by atoms with Gasteiger partial charge in [0.2, 0.25) is 5.88 Å². The molecule has 0 saturated carbocycles. The van der Waals surface area contributed by atoms with Crippen LogP contribution in [0.2, 0.25) is 0 Å². The van der Waals surface area contributed by atoms with E-state index in [0.29, 0.717) is 18.7 Å². The van der Waals surface area contributed by atoms with Gasteiger partial charge in [0.25, 0.3) is 0 Å². The number of hydrogen-bond donors (Lipinski definition) is 1. The molecule has 0 bridgehead atoms. The van der Waals surface area contributed by atoms with Gasteiger partial charge in [-0.1, -0.05) is 11.3 Å². The van der Waals surface area contributed by atoms with Crippen LogP contribution in [0.15, 0.2) is 24.5 Å². The first-order valence-corrected chi connectivity index (χ1v) is 5.69. The third-order valence-electron chi connectivity index (χ3n) is 2.57. The van der Waals surface area contributed by atoms with Gasteiger partial charge in [-0.25, -0.2) is 4.98 Å².